The van der Waals surface area contributed by atoms with E-state index in [-0.39, 0.29) is 23.1 Å². The number of hydrogen-bond donors (Lipinski definition) is 0. The average Bonchev–Trinajstić information content (AvgIpc) is 2.86. The Labute approximate surface area is 222 Å². The van der Waals surface area contributed by atoms with Crippen LogP contribution in [0, 0.1) is 23.2 Å². The standard InChI is InChI=1S/C29H34F3NO4S/c1-3-19(2)33(27(34)28-15-21-11-22(16-28)13-23(12-21)17-28)18-20-7-9-25(10-8-20)37-38(35,36)26-6-4-5-24(14-26)29(30,31)32/h4-10,14,19,21-23H,3,11-13,15-18H2,1-2H3. The summed E-state index contributed by atoms with van der Waals surface area (Å²) in [6, 6.07) is 9.90. The first-order valence-electron chi connectivity index (χ1n) is 13.4. The van der Waals surface area contributed by atoms with Crippen molar-refractivity contribution < 1.29 is 30.6 Å². The summed E-state index contributed by atoms with van der Waals surface area (Å²) in [6.07, 6.45) is 2.93. The smallest absolute Gasteiger partial charge is 0.379 e. The zero-order valence-corrected chi connectivity index (χ0v) is 22.5. The van der Waals surface area contributed by atoms with E-state index in [0.29, 0.717) is 30.4 Å². The lowest BCUT2D eigenvalue weighted by atomic mass is 9.49. The summed E-state index contributed by atoms with van der Waals surface area (Å²) in [6.45, 7) is 4.55. The van der Waals surface area contributed by atoms with E-state index in [1.807, 2.05) is 4.90 Å². The maximum absolute atomic E-state index is 14.1. The number of carbonyl (C=O) groups excluding carboxylic acids is 1. The number of carbonyl (C=O) groups is 1. The van der Waals surface area contributed by atoms with Gasteiger partial charge in [-0.15, -0.1) is 0 Å². The van der Waals surface area contributed by atoms with Crippen molar-refractivity contribution in [3.8, 4) is 5.75 Å². The Morgan fingerprint density at radius 2 is 1.61 bits per heavy atom. The van der Waals surface area contributed by atoms with E-state index in [0.717, 1.165) is 49.4 Å². The molecule has 0 aromatic heterocycles. The molecule has 206 valence electrons. The van der Waals surface area contributed by atoms with Crippen molar-refractivity contribution in [2.45, 2.75) is 82.5 Å². The van der Waals surface area contributed by atoms with Crippen molar-refractivity contribution in [2.75, 3.05) is 0 Å². The van der Waals surface area contributed by atoms with Crippen molar-refractivity contribution in [3.63, 3.8) is 0 Å². The van der Waals surface area contributed by atoms with Crippen LogP contribution < -0.4 is 4.18 Å². The number of halogens is 3. The van der Waals surface area contributed by atoms with Gasteiger partial charge in [-0.25, -0.2) is 0 Å². The van der Waals surface area contributed by atoms with Crippen LogP contribution in [0.5, 0.6) is 5.75 Å². The lowest BCUT2D eigenvalue weighted by Crippen LogP contribution is -2.55. The van der Waals surface area contributed by atoms with Gasteiger partial charge in [-0.1, -0.05) is 25.1 Å². The molecule has 0 aliphatic heterocycles. The van der Waals surface area contributed by atoms with Gasteiger partial charge in [0.25, 0.3) is 0 Å². The van der Waals surface area contributed by atoms with Crippen LogP contribution in [0.25, 0.3) is 0 Å². The topological polar surface area (TPSA) is 63.7 Å². The predicted molar refractivity (Wildman–Crippen MR) is 137 cm³/mol. The molecular weight excluding hydrogens is 515 g/mol. The molecule has 4 bridgehead atoms. The van der Waals surface area contributed by atoms with Gasteiger partial charge in [-0.05, 0) is 106 Å². The van der Waals surface area contributed by atoms with Crippen LogP contribution in [0.1, 0.15) is 69.9 Å². The zero-order valence-electron chi connectivity index (χ0n) is 21.7. The Bertz CT molecular complexity index is 1250. The van der Waals surface area contributed by atoms with E-state index in [9.17, 15) is 26.4 Å². The van der Waals surface area contributed by atoms with Crippen molar-refractivity contribution in [3.05, 3.63) is 59.7 Å². The summed E-state index contributed by atoms with van der Waals surface area (Å²) in [4.78, 5) is 15.5. The van der Waals surface area contributed by atoms with Gasteiger partial charge in [-0.3, -0.25) is 4.79 Å². The summed E-state index contributed by atoms with van der Waals surface area (Å²) in [5, 5.41) is 0. The quantitative estimate of drug-likeness (QED) is 0.339. The molecule has 0 saturated heterocycles. The molecule has 2 aromatic rings. The molecule has 2 aromatic carbocycles. The zero-order chi connectivity index (χ0) is 27.3. The van der Waals surface area contributed by atoms with E-state index >= 15 is 0 Å². The van der Waals surface area contributed by atoms with E-state index in [1.54, 1.807) is 12.1 Å². The van der Waals surface area contributed by atoms with Gasteiger partial charge in [0.05, 0.1) is 11.0 Å². The fourth-order valence-electron chi connectivity index (χ4n) is 7.18. The van der Waals surface area contributed by atoms with Crippen LogP contribution in [-0.2, 0) is 27.6 Å². The molecule has 4 fully saturated rings. The first-order chi connectivity index (χ1) is 17.9. The Morgan fingerprint density at radius 3 is 2.13 bits per heavy atom. The minimum absolute atomic E-state index is 0.00587. The lowest BCUT2D eigenvalue weighted by Gasteiger charge is -2.57. The molecule has 0 N–H and O–H groups in total. The van der Waals surface area contributed by atoms with Crippen LogP contribution in [0.4, 0.5) is 13.2 Å². The van der Waals surface area contributed by atoms with Crippen LogP contribution in [0.3, 0.4) is 0 Å². The fraction of sp³-hybridized carbons (Fsp3) is 0.552. The number of benzene rings is 2. The molecule has 0 heterocycles. The van der Waals surface area contributed by atoms with Gasteiger partial charge in [0, 0.05) is 12.6 Å². The molecule has 1 unspecified atom stereocenters. The Hall–Kier alpha value is -2.55. The van der Waals surface area contributed by atoms with E-state index < -0.39 is 26.8 Å². The molecule has 4 saturated carbocycles. The molecule has 4 aliphatic rings. The number of alkyl halides is 3. The minimum Gasteiger partial charge on any atom is -0.379 e. The molecule has 38 heavy (non-hydrogen) atoms. The average molecular weight is 550 g/mol. The highest BCUT2D eigenvalue weighted by atomic mass is 32.2. The lowest BCUT2D eigenvalue weighted by molar-refractivity contribution is -0.160. The van der Waals surface area contributed by atoms with Crippen molar-refractivity contribution in [2.24, 2.45) is 23.2 Å². The van der Waals surface area contributed by atoms with E-state index in [4.69, 9.17) is 4.18 Å². The van der Waals surface area contributed by atoms with Crippen LogP contribution >= 0.6 is 0 Å². The first kappa shape index (κ1) is 27.0. The normalized spacial score (nSPS) is 27.2. The van der Waals surface area contributed by atoms with Crippen LogP contribution in [0.2, 0.25) is 0 Å². The molecule has 1 atom stereocenters. The number of amides is 1. The van der Waals surface area contributed by atoms with Gasteiger partial charge in [-0.2, -0.15) is 21.6 Å². The largest absolute Gasteiger partial charge is 0.416 e. The number of rotatable bonds is 8. The highest BCUT2D eigenvalue weighted by Gasteiger charge is 2.55. The molecule has 4 aliphatic carbocycles. The minimum atomic E-state index is -4.66. The maximum Gasteiger partial charge on any atom is 0.416 e. The van der Waals surface area contributed by atoms with Gasteiger partial charge in [0.15, 0.2) is 0 Å². The summed E-state index contributed by atoms with van der Waals surface area (Å²) in [7, 11) is -4.45. The summed E-state index contributed by atoms with van der Waals surface area (Å²) in [5.74, 6) is 2.24. The molecule has 1 amide bonds. The Morgan fingerprint density at radius 1 is 1.03 bits per heavy atom. The summed E-state index contributed by atoms with van der Waals surface area (Å²) in [5.41, 5.74) is -0.473. The van der Waals surface area contributed by atoms with Gasteiger partial charge < -0.3 is 9.08 Å². The molecule has 5 nitrogen and oxygen atoms in total. The SMILES string of the molecule is CCC(C)N(Cc1ccc(OS(=O)(=O)c2cccc(C(F)(F)F)c2)cc1)C(=O)C12CC3CC(CC(C3)C1)C2. The van der Waals surface area contributed by atoms with Crippen molar-refractivity contribution in [1.29, 1.82) is 0 Å². The van der Waals surface area contributed by atoms with E-state index in [2.05, 4.69) is 13.8 Å². The Kier molecular flexibility index (Phi) is 7.03. The molecule has 6 rings (SSSR count). The van der Waals surface area contributed by atoms with Crippen LogP contribution in [0.15, 0.2) is 53.4 Å². The highest BCUT2D eigenvalue weighted by molar-refractivity contribution is 7.87. The molecule has 9 heteroatoms. The maximum atomic E-state index is 14.1. The van der Waals surface area contributed by atoms with Gasteiger partial charge in [0.1, 0.15) is 10.6 Å². The van der Waals surface area contributed by atoms with Gasteiger partial charge in [0.2, 0.25) is 5.91 Å². The molecule has 0 radical (unpaired) electrons. The number of hydrogen-bond acceptors (Lipinski definition) is 4. The second-order valence-electron chi connectivity index (χ2n) is 11.6. The van der Waals surface area contributed by atoms with Crippen LogP contribution in [-0.4, -0.2) is 25.3 Å². The Balaban J connectivity index is 1.31. The third-order valence-corrected chi connectivity index (χ3v) is 10.1. The first-order valence-corrected chi connectivity index (χ1v) is 14.8. The predicted octanol–water partition coefficient (Wildman–Crippen LogP) is 6.82. The second-order valence-corrected chi connectivity index (χ2v) is 13.1. The summed E-state index contributed by atoms with van der Waals surface area (Å²) < 4.78 is 69.4. The highest BCUT2D eigenvalue weighted by Crippen LogP contribution is 2.60. The van der Waals surface area contributed by atoms with Crippen molar-refractivity contribution in [1.82, 2.24) is 4.90 Å². The molecule has 0 spiro atoms. The fourth-order valence-corrected chi connectivity index (χ4v) is 8.15. The number of nitrogens with zero attached hydrogens (tertiary/aromatic N) is 1. The third-order valence-electron chi connectivity index (χ3n) is 8.81. The van der Waals surface area contributed by atoms with E-state index in [1.165, 1.54) is 31.4 Å². The second kappa shape index (κ2) is 9.88. The van der Waals surface area contributed by atoms with Crippen molar-refractivity contribution >= 4 is 16.0 Å². The monoisotopic (exact) mass is 549 g/mol. The third kappa shape index (κ3) is 5.31. The van der Waals surface area contributed by atoms with Gasteiger partial charge >= 0.3 is 16.3 Å². The molecular formula is C29H34F3NO4S. The summed E-state index contributed by atoms with van der Waals surface area (Å²) >= 11 is 0.